The average Bonchev–Trinajstić information content (AvgIpc) is 3.38. The summed E-state index contributed by atoms with van der Waals surface area (Å²) in [5.41, 5.74) is 5.70. The summed E-state index contributed by atoms with van der Waals surface area (Å²) in [4.78, 5) is 12.6. The summed E-state index contributed by atoms with van der Waals surface area (Å²) in [6.45, 7) is 0.255. The third kappa shape index (κ3) is 3.29. The second kappa shape index (κ2) is 7.64. The van der Waals surface area contributed by atoms with Gasteiger partial charge < -0.3 is 9.13 Å². The molecular formula is C22H17N5O. The predicted molar refractivity (Wildman–Crippen MR) is 108 cm³/mol. The molecule has 6 nitrogen and oxygen atoms in total. The fourth-order valence-corrected chi connectivity index (χ4v) is 3.19. The fourth-order valence-electron chi connectivity index (χ4n) is 3.19. The number of nitrogens with one attached hydrogen (secondary N) is 1. The highest BCUT2D eigenvalue weighted by Crippen LogP contribution is 2.20. The molecule has 2 aromatic carbocycles. The minimum Gasteiger partial charge on any atom is -0.333 e. The van der Waals surface area contributed by atoms with Gasteiger partial charge in [-0.25, -0.2) is 5.43 Å². The first-order valence-corrected chi connectivity index (χ1v) is 8.78. The lowest BCUT2D eigenvalue weighted by molar-refractivity contribution is 0.0955. The third-order valence-electron chi connectivity index (χ3n) is 4.46. The molecule has 28 heavy (non-hydrogen) atoms. The van der Waals surface area contributed by atoms with Gasteiger partial charge in [0.1, 0.15) is 6.54 Å². The zero-order valence-corrected chi connectivity index (χ0v) is 15.0. The fraction of sp³-hybridized carbons (Fsp3) is 0.0455. The summed E-state index contributed by atoms with van der Waals surface area (Å²) in [5.74, 6) is -0.290. The Hall–Kier alpha value is -4.11. The normalized spacial score (nSPS) is 11.0. The molecule has 0 saturated carbocycles. The quantitative estimate of drug-likeness (QED) is 0.431. The minimum atomic E-state index is -0.290. The van der Waals surface area contributed by atoms with Crippen LogP contribution in [0.5, 0.6) is 0 Å². The lowest BCUT2D eigenvalue weighted by Gasteiger charge is -2.08. The molecule has 6 heteroatoms. The first-order chi connectivity index (χ1) is 13.8. The maximum Gasteiger partial charge on any atom is 0.273 e. The van der Waals surface area contributed by atoms with E-state index in [1.54, 1.807) is 12.3 Å². The summed E-state index contributed by atoms with van der Waals surface area (Å²) in [6, 6.07) is 21.1. The molecular weight excluding hydrogens is 350 g/mol. The number of nitriles is 1. The Labute approximate surface area is 161 Å². The van der Waals surface area contributed by atoms with Crippen LogP contribution in [0.15, 0.2) is 84.4 Å². The molecule has 0 radical (unpaired) electrons. The van der Waals surface area contributed by atoms with Crippen LogP contribution in [0.25, 0.3) is 16.6 Å². The molecule has 0 spiro atoms. The molecule has 1 N–H and O–H groups in total. The Kier molecular flexibility index (Phi) is 4.72. The lowest BCUT2D eigenvalue weighted by Crippen LogP contribution is -2.19. The third-order valence-corrected chi connectivity index (χ3v) is 4.46. The van der Waals surface area contributed by atoms with Crippen LogP contribution in [0.2, 0.25) is 0 Å². The number of hydrazone groups is 1. The number of amides is 1. The van der Waals surface area contributed by atoms with E-state index < -0.39 is 0 Å². The van der Waals surface area contributed by atoms with Gasteiger partial charge in [-0.15, -0.1) is 0 Å². The van der Waals surface area contributed by atoms with Crippen LogP contribution in [0, 0.1) is 11.3 Å². The molecule has 4 aromatic rings. The van der Waals surface area contributed by atoms with Gasteiger partial charge in [0.25, 0.3) is 5.91 Å². The van der Waals surface area contributed by atoms with E-state index in [4.69, 9.17) is 5.26 Å². The van der Waals surface area contributed by atoms with Crippen LogP contribution in [-0.4, -0.2) is 21.3 Å². The number of carbonyl (C=O) groups is 1. The van der Waals surface area contributed by atoms with Gasteiger partial charge in [0.15, 0.2) is 0 Å². The van der Waals surface area contributed by atoms with Gasteiger partial charge in [0.05, 0.1) is 23.5 Å². The molecule has 0 atom stereocenters. The monoisotopic (exact) mass is 367 g/mol. The number of fused-ring (bicyclic) bond motifs is 1. The van der Waals surface area contributed by atoms with Crippen molar-refractivity contribution in [2.75, 3.05) is 0 Å². The molecule has 4 rings (SSSR count). The highest BCUT2D eigenvalue weighted by atomic mass is 16.2. The topological polar surface area (TPSA) is 75.1 Å². The van der Waals surface area contributed by atoms with Crippen molar-refractivity contribution < 1.29 is 4.79 Å². The van der Waals surface area contributed by atoms with Crippen LogP contribution in [0.4, 0.5) is 0 Å². The van der Waals surface area contributed by atoms with E-state index in [9.17, 15) is 4.79 Å². The van der Waals surface area contributed by atoms with Crippen molar-refractivity contribution in [2.45, 2.75) is 6.54 Å². The van der Waals surface area contributed by atoms with Crippen molar-refractivity contribution >= 4 is 23.0 Å². The van der Waals surface area contributed by atoms with E-state index >= 15 is 0 Å². The van der Waals surface area contributed by atoms with E-state index in [1.165, 1.54) is 0 Å². The Morgan fingerprint density at radius 2 is 1.82 bits per heavy atom. The second-order valence-electron chi connectivity index (χ2n) is 6.19. The number of carbonyl (C=O) groups excluding carboxylic acids is 1. The van der Waals surface area contributed by atoms with Gasteiger partial charge in [-0.3, -0.25) is 4.79 Å². The molecule has 0 aliphatic carbocycles. The van der Waals surface area contributed by atoms with Crippen LogP contribution >= 0.6 is 0 Å². The molecule has 0 bridgehead atoms. The van der Waals surface area contributed by atoms with Gasteiger partial charge >= 0.3 is 0 Å². The van der Waals surface area contributed by atoms with Crippen LogP contribution in [-0.2, 0) is 6.54 Å². The maximum atomic E-state index is 12.6. The number of aromatic nitrogens is 2. The highest BCUT2D eigenvalue weighted by Gasteiger charge is 2.11. The summed E-state index contributed by atoms with van der Waals surface area (Å²) in [6.07, 6.45) is 7.24. The van der Waals surface area contributed by atoms with Gasteiger partial charge in [-0.2, -0.15) is 10.4 Å². The Balaban J connectivity index is 1.58. The van der Waals surface area contributed by atoms with Crippen molar-refractivity contribution in [3.8, 4) is 11.8 Å². The van der Waals surface area contributed by atoms with Crippen LogP contribution in [0.1, 0.15) is 15.9 Å². The molecule has 0 aliphatic rings. The van der Waals surface area contributed by atoms with Crippen molar-refractivity contribution in [1.29, 1.82) is 5.26 Å². The number of para-hydroxylation sites is 2. The molecule has 0 saturated heterocycles. The van der Waals surface area contributed by atoms with Gasteiger partial charge in [-0.1, -0.05) is 30.3 Å². The van der Waals surface area contributed by atoms with Crippen molar-refractivity contribution in [3.05, 3.63) is 90.4 Å². The SMILES string of the molecule is N#CCn1cc(/C=N\NC(=O)c2ccccc2-n2cccc2)c2ccccc21. The van der Waals surface area contributed by atoms with Crippen LogP contribution < -0.4 is 5.43 Å². The van der Waals surface area contributed by atoms with Crippen molar-refractivity contribution in [3.63, 3.8) is 0 Å². The van der Waals surface area contributed by atoms with Gasteiger partial charge in [0, 0.05) is 35.1 Å². The van der Waals surface area contributed by atoms with Crippen molar-refractivity contribution in [1.82, 2.24) is 14.6 Å². The number of benzene rings is 2. The summed E-state index contributed by atoms with van der Waals surface area (Å²) in [7, 11) is 0. The molecule has 2 aromatic heterocycles. The molecule has 0 aliphatic heterocycles. The Bertz CT molecular complexity index is 1200. The molecule has 2 heterocycles. The smallest absolute Gasteiger partial charge is 0.273 e. The van der Waals surface area contributed by atoms with Crippen LogP contribution in [0.3, 0.4) is 0 Å². The lowest BCUT2D eigenvalue weighted by atomic mass is 10.1. The first kappa shape index (κ1) is 17.3. The number of hydrogen-bond donors (Lipinski definition) is 1. The number of nitrogens with zero attached hydrogens (tertiary/aromatic N) is 4. The predicted octanol–water partition coefficient (Wildman–Crippen LogP) is 3.72. The summed E-state index contributed by atoms with van der Waals surface area (Å²) >= 11 is 0. The zero-order chi connectivity index (χ0) is 19.3. The second-order valence-corrected chi connectivity index (χ2v) is 6.19. The first-order valence-electron chi connectivity index (χ1n) is 8.78. The summed E-state index contributed by atoms with van der Waals surface area (Å²) in [5, 5.41) is 14.1. The average molecular weight is 367 g/mol. The molecule has 0 fully saturated rings. The van der Waals surface area contributed by atoms with Gasteiger partial charge in [0.2, 0.25) is 0 Å². The highest BCUT2D eigenvalue weighted by molar-refractivity contribution is 6.01. The zero-order valence-electron chi connectivity index (χ0n) is 15.0. The molecule has 136 valence electrons. The number of rotatable bonds is 5. The van der Waals surface area contributed by atoms with Gasteiger partial charge in [-0.05, 0) is 30.3 Å². The number of hydrogen-bond acceptors (Lipinski definition) is 3. The maximum absolute atomic E-state index is 12.6. The molecule has 0 unspecified atom stereocenters. The Morgan fingerprint density at radius 3 is 2.64 bits per heavy atom. The van der Waals surface area contributed by atoms with E-state index in [2.05, 4.69) is 16.6 Å². The molecule has 1 amide bonds. The van der Waals surface area contributed by atoms with E-state index in [0.29, 0.717) is 5.56 Å². The standard InChI is InChI=1S/C22H17N5O/c23-11-14-27-16-17(18-7-1-3-9-20(18)27)15-24-25-22(28)19-8-2-4-10-21(19)26-12-5-6-13-26/h1-10,12-13,15-16H,14H2,(H,25,28)/b24-15-. The largest absolute Gasteiger partial charge is 0.333 e. The van der Waals surface area contributed by atoms with E-state index in [-0.39, 0.29) is 12.5 Å². The van der Waals surface area contributed by atoms with Crippen molar-refractivity contribution in [2.24, 2.45) is 5.10 Å². The summed E-state index contributed by atoms with van der Waals surface area (Å²) < 4.78 is 3.74. The van der Waals surface area contributed by atoms with E-state index in [1.807, 2.05) is 82.3 Å². The minimum absolute atomic E-state index is 0.255. The Morgan fingerprint density at radius 1 is 1.07 bits per heavy atom. The van der Waals surface area contributed by atoms with E-state index in [0.717, 1.165) is 22.2 Å².